The smallest absolute Gasteiger partial charge is 0.309 e. The minimum atomic E-state index is -0.832. The number of ether oxygens (including phenoxy) is 1. The van der Waals surface area contributed by atoms with Crippen LogP contribution in [0.25, 0.3) is 0 Å². The van der Waals surface area contributed by atoms with Gasteiger partial charge in [0.05, 0.1) is 5.92 Å². The van der Waals surface area contributed by atoms with Gasteiger partial charge in [0.2, 0.25) is 0 Å². The van der Waals surface area contributed by atoms with Gasteiger partial charge < -0.3 is 4.74 Å². The van der Waals surface area contributed by atoms with Gasteiger partial charge in [-0.3, -0.25) is 4.79 Å². The van der Waals surface area contributed by atoms with Gasteiger partial charge in [-0.1, -0.05) is 6.07 Å². The SMILES string of the molecule is N#C/C(F)=C\CCC1CCC(C(=O)OC2CCC(c3ccc(F)c(F)c3)CC2)CC1. The Morgan fingerprint density at radius 1 is 1.07 bits per heavy atom. The summed E-state index contributed by atoms with van der Waals surface area (Å²) in [5.41, 5.74) is 0.807. The molecule has 162 valence electrons. The van der Waals surface area contributed by atoms with Crippen LogP contribution in [0.5, 0.6) is 0 Å². The molecule has 0 bridgehead atoms. The summed E-state index contributed by atoms with van der Waals surface area (Å²) in [5, 5.41) is 8.42. The number of rotatable bonds is 6. The van der Waals surface area contributed by atoms with Gasteiger partial charge in [0.1, 0.15) is 12.2 Å². The van der Waals surface area contributed by atoms with Gasteiger partial charge >= 0.3 is 5.97 Å². The van der Waals surface area contributed by atoms with Crippen molar-refractivity contribution in [1.29, 1.82) is 5.26 Å². The fourth-order valence-corrected chi connectivity index (χ4v) is 4.72. The Labute approximate surface area is 175 Å². The van der Waals surface area contributed by atoms with Crippen molar-refractivity contribution >= 4 is 5.97 Å². The van der Waals surface area contributed by atoms with E-state index in [0.717, 1.165) is 63.4 Å². The van der Waals surface area contributed by atoms with Crippen LogP contribution in [0.3, 0.4) is 0 Å². The predicted molar refractivity (Wildman–Crippen MR) is 107 cm³/mol. The molecule has 1 aromatic carbocycles. The second kappa shape index (κ2) is 10.7. The molecule has 0 aromatic heterocycles. The number of benzene rings is 1. The molecule has 3 nitrogen and oxygen atoms in total. The van der Waals surface area contributed by atoms with E-state index in [2.05, 4.69) is 0 Å². The van der Waals surface area contributed by atoms with Crippen LogP contribution in [-0.2, 0) is 9.53 Å². The van der Waals surface area contributed by atoms with E-state index in [-0.39, 0.29) is 23.9 Å². The first-order valence-corrected chi connectivity index (χ1v) is 10.9. The Morgan fingerprint density at radius 3 is 2.40 bits per heavy atom. The van der Waals surface area contributed by atoms with Crippen LogP contribution in [0.1, 0.15) is 75.7 Å². The van der Waals surface area contributed by atoms with Crippen LogP contribution in [0.2, 0.25) is 0 Å². The highest BCUT2D eigenvalue weighted by atomic mass is 19.2. The van der Waals surface area contributed by atoms with Gasteiger partial charge in [-0.15, -0.1) is 0 Å². The summed E-state index contributed by atoms with van der Waals surface area (Å²) in [6.07, 6.45) is 9.11. The molecule has 2 aliphatic carbocycles. The zero-order valence-corrected chi connectivity index (χ0v) is 17.1. The number of allylic oxidation sites excluding steroid dienone is 2. The molecule has 1 aromatic rings. The Bertz CT molecular complexity index is 801. The fourth-order valence-electron chi connectivity index (χ4n) is 4.72. The lowest BCUT2D eigenvalue weighted by molar-refractivity contribution is -0.157. The second-order valence-electron chi connectivity index (χ2n) is 8.54. The summed E-state index contributed by atoms with van der Waals surface area (Å²) >= 11 is 0. The maximum atomic E-state index is 13.5. The number of carbonyl (C=O) groups is 1. The fraction of sp³-hybridized carbons (Fsp3) is 0.583. The van der Waals surface area contributed by atoms with Gasteiger partial charge in [0.25, 0.3) is 0 Å². The second-order valence-corrected chi connectivity index (χ2v) is 8.54. The van der Waals surface area contributed by atoms with Crippen LogP contribution >= 0.6 is 0 Å². The van der Waals surface area contributed by atoms with E-state index >= 15 is 0 Å². The normalized spacial score (nSPS) is 27.3. The summed E-state index contributed by atoms with van der Waals surface area (Å²) in [4.78, 5) is 12.5. The number of hydrogen-bond acceptors (Lipinski definition) is 3. The van der Waals surface area contributed by atoms with Crippen LogP contribution in [0, 0.1) is 34.8 Å². The monoisotopic (exact) mass is 419 g/mol. The zero-order valence-electron chi connectivity index (χ0n) is 17.1. The third-order valence-electron chi connectivity index (χ3n) is 6.56. The van der Waals surface area contributed by atoms with Gasteiger partial charge in [-0.05, 0) is 99.8 Å². The number of esters is 1. The topological polar surface area (TPSA) is 50.1 Å². The molecule has 2 aliphatic rings. The maximum absolute atomic E-state index is 13.5. The first kappa shape index (κ1) is 22.4. The first-order valence-electron chi connectivity index (χ1n) is 10.9. The standard InChI is InChI=1S/C24H28F3NO2/c25-20(15-28)3-1-2-16-4-6-18(7-5-16)24(29)30-21-11-8-17(9-12-21)19-10-13-22(26)23(27)14-19/h3,10,13-14,16-18,21H,1-2,4-9,11-12H2/b20-3+. The minimum absolute atomic E-state index is 0.0726. The third-order valence-corrected chi connectivity index (χ3v) is 6.56. The molecule has 0 heterocycles. The van der Waals surface area contributed by atoms with Gasteiger partial charge in [0.15, 0.2) is 17.5 Å². The van der Waals surface area contributed by atoms with Crippen molar-refractivity contribution in [1.82, 2.24) is 0 Å². The zero-order chi connectivity index (χ0) is 21.5. The molecular formula is C24H28F3NO2. The third kappa shape index (κ3) is 6.10. The highest BCUT2D eigenvalue weighted by molar-refractivity contribution is 5.72. The van der Waals surface area contributed by atoms with E-state index in [4.69, 9.17) is 10.00 Å². The van der Waals surface area contributed by atoms with Crippen molar-refractivity contribution in [3.8, 4) is 6.07 Å². The number of hydrogen-bond donors (Lipinski definition) is 0. The average Bonchev–Trinajstić information content (AvgIpc) is 2.76. The average molecular weight is 419 g/mol. The molecule has 2 saturated carbocycles. The van der Waals surface area contributed by atoms with Crippen molar-refractivity contribution in [2.75, 3.05) is 0 Å². The van der Waals surface area contributed by atoms with E-state index in [1.165, 1.54) is 24.3 Å². The summed E-state index contributed by atoms with van der Waals surface area (Å²) in [6.45, 7) is 0. The molecule has 6 heteroatoms. The van der Waals surface area contributed by atoms with Gasteiger partial charge in [0, 0.05) is 0 Å². The van der Waals surface area contributed by atoms with E-state index in [9.17, 15) is 18.0 Å². The molecule has 0 spiro atoms. The molecule has 0 amide bonds. The molecule has 0 unspecified atom stereocenters. The van der Waals surface area contributed by atoms with Crippen LogP contribution in [-0.4, -0.2) is 12.1 Å². The van der Waals surface area contributed by atoms with Crippen molar-refractivity contribution in [3.05, 3.63) is 47.3 Å². The number of nitriles is 1. The molecule has 30 heavy (non-hydrogen) atoms. The van der Waals surface area contributed by atoms with Gasteiger partial charge in [-0.2, -0.15) is 9.65 Å². The Morgan fingerprint density at radius 2 is 1.77 bits per heavy atom. The van der Waals surface area contributed by atoms with E-state index in [1.54, 1.807) is 6.07 Å². The quantitative estimate of drug-likeness (QED) is 0.391. The van der Waals surface area contributed by atoms with Crippen LogP contribution in [0.15, 0.2) is 30.1 Å². The van der Waals surface area contributed by atoms with Crippen molar-refractivity contribution in [3.63, 3.8) is 0 Å². The molecule has 0 atom stereocenters. The van der Waals surface area contributed by atoms with Crippen LogP contribution < -0.4 is 0 Å². The van der Waals surface area contributed by atoms with Crippen molar-refractivity contribution in [2.45, 2.75) is 76.2 Å². The molecule has 0 N–H and O–H groups in total. The Balaban J connectivity index is 1.38. The molecule has 3 rings (SSSR count). The van der Waals surface area contributed by atoms with E-state index < -0.39 is 17.5 Å². The Hall–Kier alpha value is -2.29. The number of halogens is 3. The summed E-state index contributed by atoms with van der Waals surface area (Å²) in [6, 6.07) is 5.56. The summed E-state index contributed by atoms with van der Waals surface area (Å²) in [5.74, 6) is -1.94. The van der Waals surface area contributed by atoms with Gasteiger partial charge in [-0.25, -0.2) is 8.78 Å². The highest BCUT2D eigenvalue weighted by Crippen LogP contribution is 2.36. The molecule has 0 aliphatic heterocycles. The highest BCUT2D eigenvalue weighted by Gasteiger charge is 2.31. The van der Waals surface area contributed by atoms with Crippen LogP contribution in [0.4, 0.5) is 13.2 Å². The lowest BCUT2D eigenvalue weighted by Gasteiger charge is -2.31. The van der Waals surface area contributed by atoms with E-state index in [0.29, 0.717) is 12.3 Å². The van der Waals surface area contributed by atoms with E-state index in [1.807, 2.05) is 0 Å². The predicted octanol–water partition coefficient (Wildman–Crippen LogP) is 6.50. The lowest BCUT2D eigenvalue weighted by atomic mass is 9.79. The van der Waals surface area contributed by atoms with Crippen molar-refractivity contribution in [2.24, 2.45) is 11.8 Å². The summed E-state index contributed by atoms with van der Waals surface area (Å²) < 4.78 is 45.2. The molecule has 0 radical (unpaired) electrons. The number of nitrogens with zero attached hydrogens (tertiary/aromatic N) is 1. The maximum Gasteiger partial charge on any atom is 0.309 e. The number of carbonyl (C=O) groups excluding carboxylic acids is 1. The lowest BCUT2D eigenvalue weighted by Crippen LogP contribution is -2.29. The summed E-state index contributed by atoms with van der Waals surface area (Å²) in [7, 11) is 0. The minimum Gasteiger partial charge on any atom is -0.462 e. The Kier molecular flexibility index (Phi) is 7.95. The molecule has 0 saturated heterocycles. The molecular weight excluding hydrogens is 391 g/mol. The van der Waals surface area contributed by atoms with Crippen molar-refractivity contribution < 1.29 is 22.7 Å². The molecule has 2 fully saturated rings. The largest absolute Gasteiger partial charge is 0.462 e. The first-order chi connectivity index (χ1) is 14.5.